The summed E-state index contributed by atoms with van der Waals surface area (Å²) in [5.74, 6) is -0.840. The number of imide groups is 1. The molecule has 7 heteroatoms. The van der Waals surface area contributed by atoms with Crippen LogP contribution in [0, 0.1) is 11.8 Å². The molecule has 3 unspecified atom stereocenters. The van der Waals surface area contributed by atoms with Crippen LogP contribution in [0.3, 0.4) is 0 Å². The van der Waals surface area contributed by atoms with Gasteiger partial charge in [0.15, 0.2) is 11.5 Å². The Bertz CT molecular complexity index is 787. The lowest BCUT2D eigenvalue weighted by Crippen LogP contribution is -2.36. The van der Waals surface area contributed by atoms with E-state index in [2.05, 4.69) is 0 Å². The third-order valence-electron chi connectivity index (χ3n) is 5.19. The van der Waals surface area contributed by atoms with E-state index in [-0.39, 0.29) is 24.2 Å². The van der Waals surface area contributed by atoms with Crippen molar-refractivity contribution in [3.05, 3.63) is 35.9 Å². The Morgan fingerprint density at radius 1 is 1.15 bits per heavy atom. The maximum Gasteiger partial charge on any atom is 0.307 e. The van der Waals surface area contributed by atoms with Crippen molar-refractivity contribution in [2.45, 2.75) is 25.3 Å². The van der Waals surface area contributed by atoms with Gasteiger partial charge in [-0.2, -0.15) is 0 Å². The highest BCUT2D eigenvalue weighted by Crippen LogP contribution is 2.41. The number of carbonyl (C=O) groups excluding carboxylic acids is 3. The van der Waals surface area contributed by atoms with Gasteiger partial charge < -0.3 is 14.2 Å². The van der Waals surface area contributed by atoms with Crippen LogP contribution < -0.4 is 9.47 Å². The average molecular weight is 373 g/mol. The Hall–Kier alpha value is -2.83. The molecule has 0 aromatic heterocycles. The third-order valence-corrected chi connectivity index (χ3v) is 5.19. The Balaban J connectivity index is 2.02. The molecule has 7 nitrogen and oxygen atoms in total. The van der Waals surface area contributed by atoms with Crippen molar-refractivity contribution in [3.8, 4) is 11.5 Å². The van der Waals surface area contributed by atoms with Crippen LogP contribution in [0.2, 0.25) is 0 Å². The first kappa shape index (κ1) is 18.9. The molecule has 2 amide bonds. The van der Waals surface area contributed by atoms with Crippen LogP contribution >= 0.6 is 0 Å². The molecule has 0 N–H and O–H groups in total. The van der Waals surface area contributed by atoms with E-state index in [0.29, 0.717) is 23.5 Å². The minimum Gasteiger partial charge on any atom is -0.493 e. The van der Waals surface area contributed by atoms with Gasteiger partial charge >= 0.3 is 5.97 Å². The predicted molar refractivity (Wildman–Crippen MR) is 96.1 cm³/mol. The molecule has 1 aliphatic carbocycles. The molecular weight excluding hydrogens is 350 g/mol. The molecule has 0 spiro atoms. The highest BCUT2D eigenvalue weighted by molar-refractivity contribution is 6.06. The lowest BCUT2D eigenvalue weighted by molar-refractivity contribution is -0.147. The summed E-state index contributed by atoms with van der Waals surface area (Å²) in [6, 6.07) is 4.35. The van der Waals surface area contributed by atoms with Gasteiger partial charge in [-0.05, 0) is 30.5 Å². The number of amides is 2. The van der Waals surface area contributed by atoms with E-state index in [1.165, 1.54) is 26.2 Å². The van der Waals surface area contributed by atoms with Crippen molar-refractivity contribution in [1.82, 2.24) is 4.90 Å². The zero-order valence-electron chi connectivity index (χ0n) is 15.6. The second-order valence-electron chi connectivity index (χ2n) is 6.59. The summed E-state index contributed by atoms with van der Waals surface area (Å²) in [4.78, 5) is 39.2. The summed E-state index contributed by atoms with van der Waals surface area (Å²) in [6.45, 7) is 0. The van der Waals surface area contributed by atoms with E-state index in [1.807, 2.05) is 6.08 Å². The maximum absolute atomic E-state index is 13.0. The van der Waals surface area contributed by atoms with Gasteiger partial charge in [0, 0.05) is 0 Å². The van der Waals surface area contributed by atoms with Gasteiger partial charge in [-0.15, -0.1) is 0 Å². The number of hydrogen-bond donors (Lipinski definition) is 0. The van der Waals surface area contributed by atoms with Crippen LogP contribution in [-0.2, 0) is 19.1 Å². The van der Waals surface area contributed by atoms with E-state index in [1.54, 1.807) is 24.3 Å². The zero-order chi connectivity index (χ0) is 19.6. The molecule has 3 rings (SSSR count). The van der Waals surface area contributed by atoms with Crippen molar-refractivity contribution in [2.24, 2.45) is 11.8 Å². The Morgan fingerprint density at radius 2 is 1.89 bits per heavy atom. The van der Waals surface area contributed by atoms with Gasteiger partial charge in [0.25, 0.3) is 0 Å². The fourth-order valence-electron chi connectivity index (χ4n) is 3.78. The molecule has 3 atom stereocenters. The molecule has 1 aromatic rings. The lowest BCUT2D eigenvalue weighted by atomic mass is 9.86. The number of hydrogen-bond acceptors (Lipinski definition) is 6. The molecule has 0 radical (unpaired) electrons. The van der Waals surface area contributed by atoms with Crippen molar-refractivity contribution >= 4 is 17.8 Å². The number of nitrogens with zero attached hydrogens (tertiary/aromatic N) is 1. The lowest BCUT2D eigenvalue weighted by Gasteiger charge is -2.27. The van der Waals surface area contributed by atoms with Crippen LogP contribution in [0.5, 0.6) is 11.5 Å². The quantitative estimate of drug-likeness (QED) is 0.432. The van der Waals surface area contributed by atoms with E-state index in [4.69, 9.17) is 14.2 Å². The van der Waals surface area contributed by atoms with E-state index in [9.17, 15) is 14.4 Å². The Labute approximate surface area is 157 Å². The van der Waals surface area contributed by atoms with Gasteiger partial charge in [-0.3, -0.25) is 19.3 Å². The van der Waals surface area contributed by atoms with Gasteiger partial charge in [0.1, 0.15) is 0 Å². The number of likely N-dealkylation sites (tertiary alicyclic amines) is 1. The predicted octanol–water partition coefficient (Wildman–Crippen LogP) is 2.26. The maximum atomic E-state index is 13.0. The zero-order valence-corrected chi connectivity index (χ0v) is 15.6. The number of carbonyl (C=O) groups is 3. The highest BCUT2D eigenvalue weighted by atomic mass is 16.5. The number of methoxy groups -OCH3 is 3. The topological polar surface area (TPSA) is 82.1 Å². The van der Waals surface area contributed by atoms with Crippen LogP contribution in [0.15, 0.2) is 30.4 Å². The number of benzene rings is 1. The Kier molecular flexibility index (Phi) is 5.48. The average Bonchev–Trinajstić information content (AvgIpc) is 2.96. The summed E-state index contributed by atoms with van der Waals surface area (Å²) in [5.41, 5.74) is 0.613. The monoisotopic (exact) mass is 373 g/mol. The number of ether oxygens (including phenoxy) is 3. The summed E-state index contributed by atoms with van der Waals surface area (Å²) in [6.07, 6.45) is 5.03. The molecule has 1 fully saturated rings. The molecular formula is C20H23NO6. The first-order valence-electron chi connectivity index (χ1n) is 8.84. The number of rotatable bonds is 6. The summed E-state index contributed by atoms with van der Waals surface area (Å²) in [7, 11) is 4.31. The number of fused-ring (bicyclic) bond motifs is 1. The van der Waals surface area contributed by atoms with Crippen LogP contribution in [0.1, 0.15) is 30.9 Å². The molecule has 144 valence electrons. The third kappa shape index (κ3) is 3.41. The molecule has 1 heterocycles. The van der Waals surface area contributed by atoms with Crippen LogP contribution in [0.25, 0.3) is 0 Å². The largest absolute Gasteiger partial charge is 0.493 e. The van der Waals surface area contributed by atoms with Crippen molar-refractivity contribution in [3.63, 3.8) is 0 Å². The second kappa shape index (κ2) is 7.82. The summed E-state index contributed by atoms with van der Waals surface area (Å²) >= 11 is 0. The molecule has 2 aliphatic rings. The minimum absolute atomic E-state index is 0.118. The Morgan fingerprint density at radius 3 is 2.52 bits per heavy atom. The minimum atomic E-state index is -0.753. The standard InChI is InChI=1S/C20H23NO6/c1-25-16-9-8-12(10-17(16)26-2)15(11-18(22)27-3)21-19(23)13-6-4-5-7-14(13)20(21)24/h4,6,8-10,13-15H,5,7,11H2,1-3H3. The second-order valence-corrected chi connectivity index (χ2v) is 6.59. The SMILES string of the molecule is COC(=O)CC(c1ccc(OC)c(OC)c1)N1C(=O)C2C=CCCC2C1=O. The van der Waals surface area contributed by atoms with E-state index >= 15 is 0 Å². The van der Waals surface area contributed by atoms with Gasteiger partial charge in [-0.1, -0.05) is 18.2 Å². The van der Waals surface area contributed by atoms with Crippen molar-refractivity contribution in [1.29, 1.82) is 0 Å². The number of esters is 1. The van der Waals surface area contributed by atoms with Gasteiger partial charge in [-0.25, -0.2) is 0 Å². The van der Waals surface area contributed by atoms with Crippen LogP contribution in [-0.4, -0.2) is 44.0 Å². The first-order valence-corrected chi connectivity index (χ1v) is 8.84. The summed E-state index contributed by atoms with van der Waals surface area (Å²) in [5, 5.41) is 0. The van der Waals surface area contributed by atoms with Gasteiger partial charge in [0.05, 0.1) is 45.6 Å². The molecule has 0 bridgehead atoms. The molecule has 0 saturated carbocycles. The molecule has 1 aromatic carbocycles. The van der Waals surface area contributed by atoms with E-state index in [0.717, 1.165) is 6.42 Å². The smallest absolute Gasteiger partial charge is 0.307 e. The fraction of sp³-hybridized carbons (Fsp3) is 0.450. The van der Waals surface area contributed by atoms with Crippen molar-refractivity contribution < 1.29 is 28.6 Å². The molecule has 1 saturated heterocycles. The normalized spacial score (nSPS) is 22.4. The highest BCUT2D eigenvalue weighted by Gasteiger charge is 2.50. The van der Waals surface area contributed by atoms with E-state index < -0.39 is 17.9 Å². The molecule has 27 heavy (non-hydrogen) atoms. The van der Waals surface area contributed by atoms with Gasteiger partial charge in [0.2, 0.25) is 11.8 Å². The number of allylic oxidation sites excluding steroid dienone is 1. The first-order chi connectivity index (χ1) is 13.0. The fourth-order valence-corrected chi connectivity index (χ4v) is 3.78. The summed E-state index contributed by atoms with van der Waals surface area (Å²) < 4.78 is 15.4. The van der Waals surface area contributed by atoms with Crippen LogP contribution in [0.4, 0.5) is 0 Å². The molecule has 1 aliphatic heterocycles. The van der Waals surface area contributed by atoms with Crippen molar-refractivity contribution in [2.75, 3.05) is 21.3 Å².